The van der Waals surface area contributed by atoms with Crippen LogP contribution in [0.2, 0.25) is 0 Å². The summed E-state index contributed by atoms with van der Waals surface area (Å²) in [7, 11) is 0. The average Bonchev–Trinajstić information content (AvgIpc) is 2.75. The molecule has 0 unspecified atom stereocenters. The van der Waals surface area contributed by atoms with Crippen molar-refractivity contribution in [2.24, 2.45) is 0 Å². The van der Waals surface area contributed by atoms with Gasteiger partial charge in [0.05, 0.1) is 5.69 Å². The highest BCUT2D eigenvalue weighted by Crippen LogP contribution is 2.24. The Kier molecular flexibility index (Phi) is 4.94. The van der Waals surface area contributed by atoms with Crippen molar-refractivity contribution in [3.8, 4) is 5.82 Å². The summed E-state index contributed by atoms with van der Waals surface area (Å²) in [5.41, 5.74) is 4.71. The van der Waals surface area contributed by atoms with Crippen molar-refractivity contribution >= 4 is 5.82 Å². The second-order valence-electron chi connectivity index (χ2n) is 5.22. The molecule has 2 aromatic heterocycles. The van der Waals surface area contributed by atoms with Crippen molar-refractivity contribution in [1.82, 2.24) is 19.7 Å². The van der Waals surface area contributed by atoms with E-state index in [1.165, 1.54) is 11.3 Å². The van der Waals surface area contributed by atoms with Crippen molar-refractivity contribution in [3.05, 3.63) is 28.8 Å². The molecule has 0 aliphatic carbocycles. The molecule has 0 atom stereocenters. The van der Waals surface area contributed by atoms with Crippen molar-refractivity contribution in [1.29, 1.82) is 0 Å². The normalized spacial score (nSPS) is 10.9. The summed E-state index contributed by atoms with van der Waals surface area (Å²) in [5.74, 6) is 1.83. The van der Waals surface area contributed by atoms with Crippen LogP contribution in [0.15, 0.2) is 6.33 Å². The largest absolute Gasteiger partial charge is 0.370 e. The maximum absolute atomic E-state index is 4.69. The van der Waals surface area contributed by atoms with E-state index in [0.717, 1.165) is 48.7 Å². The fourth-order valence-corrected chi connectivity index (χ4v) is 2.78. The van der Waals surface area contributed by atoms with Crippen LogP contribution >= 0.6 is 0 Å². The quantitative estimate of drug-likeness (QED) is 0.886. The van der Waals surface area contributed by atoms with Gasteiger partial charge in [-0.25, -0.2) is 14.6 Å². The predicted molar refractivity (Wildman–Crippen MR) is 86.2 cm³/mol. The zero-order valence-corrected chi connectivity index (χ0v) is 13.7. The number of nitrogens with zero attached hydrogens (tertiary/aromatic N) is 4. The Morgan fingerprint density at radius 1 is 1.10 bits per heavy atom. The van der Waals surface area contributed by atoms with Gasteiger partial charge in [0.2, 0.25) is 0 Å². The average molecular weight is 287 g/mol. The summed E-state index contributed by atoms with van der Waals surface area (Å²) in [6.45, 7) is 11.4. The molecule has 5 heteroatoms. The number of anilines is 1. The van der Waals surface area contributed by atoms with Crippen LogP contribution in [-0.4, -0.2) is 26.3 Å². The minimum absolute atomic E-state index is 0.852. The molecule has 2 rings (SSSR count). The lowest BCUT2D eigenvalue weighted by atomic mass is 10.1. The summed E-state index contributed by atoms with van der Waals surface area (Å²) in [5, 5.41) is 8.03. The zero-order valence-electron chi connectivity index (χ0n) is 13.7. The van der Waals surface area contributed by atoms with Crippen molar-refractivity contribution < 1.29 is 0 Å². The summed E-state index contributed by atoms with van der Waals surface area (Å²) < 4.78 is 1.97. The van der Waals surface area contributed by atoms with E-state index in [2.05, 4.69) is 49.9 Å². The van der Waals surface area contributed by atoms with E-state index in [1.54, 1.807) is 6.33 Å². The molecule has 0 bridgehead atoms. The van der Waals surface area contributed by atoms with Crippen LogP contribution in [0.3, 0.4) is 0 Å². The molecule has 0 fully saturated rings. The highest BCUT2D eigenvalue weighted by molar-refractivity contribution is 5.52. The minimum atomic E-state index is 0.852. The van der Waals surface area contributed by atoms with E-state index >= 15 is 0 Å². The summed E-state index contributed by atoms with van der Waals surface area (Å²) in [6, 6.07) is 0. The fraction of sp³-hybridized carbons (Fsp3) is 0.562. The third kappa shape index (κ3) is 2.91. The van der Waals surface area contributed by atoms with E-state index in [-0.39, 0.29) is 0 Å². The van der Waals surface area contributed by atoms with Crippen LogP contribution < -0.4 is 5.32 Å². The molecule has 0 aliphatic rings. The van der Waals surface area contributed by atoms with Crippen molar-refractivity contribution in [2.75, 3.05) is 11.9 Å². The van der Waals surface area contributed by atoms with Crippen LogP contribution in [-0.2, 0) is 12.8 Å². The van der Waals surface area contributed by atoms with E-state index < -0.39 is 0 Å². The van der Waals surface area contributed by atoms with Gasteiger partial charge in [-0.2, -0.15) is 5.10 Å². The highest BCUT2D eigenvalue weighted by Gasteiger charge is 2.17. The Balaban J connectivity index is 2.60. The van der Waals surface area contributed by atoms with Gasteiger partial charge in [0.15, 0.2) is 5.82 Å². The van der Waals surface area contributed by atoms with Crippen LogP contribution in [0.4, 0.5) is 5.82 Å². The first kappa shape index (κ1) is 15.5. The molecular weight excluding hydrogens is 262 g/mol. The fourth-order valence-electron chi connectivity index (χ4n) is 2.78. The minimum Gasteiger partial charge on any atom is -0.370 e. The Morgan fingerprint density at radius 3 is 2.43 bits per heavy atom. The second-order valence-corrected chi connectivity index (χ2v) is 5.22. The molecule has 0 saturated heterocycles. The maximum atomic E-state index is 4.69. The smallest absolute Gasteiger partial charge is 0.162 e. The Hall–Kier alpha value is -1.91. The summed E-state index contributed by atoms with van der Waals surface area (Å²) in [4.78, 5) is 8.90. The van der Waals surface area contributed by atoms with Crippen LogP contribution in [0.5, 0.6) is 0 Å². The molecule has 114 valence electrons. The number of nitrogens with one attached hydrogen (secondary N) is 1. The van der Waals surface area contributed by atoms with Gasteiger partial charge in [-0.1, -0.05) is 20.3 Å². The topological polar surface area (TPSA) is 55.6 Å². The standard InChI is InChI=1S/C16H25N5/c1-6-9-14-15(17-8-3)18-10-19-16(14)21-12(5)13(7-2)11(4)20-21/h10H,6-9H2,1-5H3,(H,17,18,19). The van der Waals surface area contributed by atoms with Gasteiger partial charge in [-0.05, 0) is 39.2 Å². The molecule has 5 nitrogen and oxygen atoms in total. The van der Waals surface area contributed by atoms with Crippen LogP contribution in [0.25, 0.3) is 5.82 Å². The van der Waals surface area contributed by atoms with E-state index in [9.17, 15) is 0 Å². The SMILES string of the molecule is CCCc1c(NCC)ncnc1-n1nc(C)c(CC)c1C. The van der Waals surface area contributed by atoms with Crippen molar-refractivity contribution in [3.63, 3.8) is 0 Å². The monoisotopic (exact) mass is 287 g/mol. The van der Waals surface area contributed by atoms with Crippen LogP contribution in [0.1, 0.15) is 49.7 Å². The Morgan fingerprint density at radius 2 is 1.86 bits per heavy atom. The Bertz CT molecular complexity index is 615. The lowest BCUT2D eigenvalue weighted by Crippen LogP contribution is -2.12. The van der Waals surface area contributed by atoms with Crippen molar-refractivity contribution in [2.45, 2.75) is 53.9 Å². The van der Waals surface area contributed by atoms with Gasteiger partial charge in [0.1, 0.15) is 12.1 Å². The summed E-state index contributed by atoms with van der Waals surface area (Å²) >= 11 is 0. The third-order valence-electron chi connectivity index (χ3n) is 3.76. The Labute approximate surface area is 126 Å². The number of rotatable bonds is 6. The molecule has 0 saturated carbocycles. The maximum Gasteiger partial charge on any atom is 0.162 e. The van der Waals surface area contributed by atoms with Gasteiger partial charge in [0.25, 0.3) is 0 Å². The molecule has 1 N–H and O–H groups in total. The highest BCUT2D eigenvalue weighted by atomic mass is 15.3. The van der Waals surface area contributed by atoms with Gasteiger partial charge in [-0.15, -0.1) is 0 Å². The first-order valence-electron chi connectivity index (χ1n) is 7.77. The molecule has 2 aromatic rings. The molecule has 21 heavy (non-hydrogen) atoms. The third-order valence-corrected chi connectivity index (χ3v) is 3.76. The molecule has 0 aliphatic heterocycles. The predicted octanol–water partition coefficient (Wildman–Crippen LogP) is 3.23. The molecule has 2 heterocycles. The first-order chi connectivity index (χ1) is 10.1. The van der Waals surface area contributed by atoms with Gasteiger partial charge in [-0.3, -0.25) is 0 Å². The first-order valence-corrected chi connectivity index (χ1v) is 7.77. The van der Waals surface area contributed by atoms with E-state index in [4.69, 9.17) is 5.10 Å². The molecule has 0 spiro atoms. The lowest BCUT2D eigenvalue weighted by molar-refractivity contribution is 0.771. The van der Waals surface area contributed by atoms with Gasteiger partial charge < -0.3 is 5.32 Å². The zero-order chi connectivity index (χ0) is 15.4. The number of aryl methyl sites for hydroxylation is 1. The molecule has 0 radical (unpaired) electrons. The van der Waals surface area contributed by atoms with Gasteiger partial charge in [0, 0.05) is 17.8 Å². The number of aromatic nitrogens is 4. The van der Waals surface area contributed by atoms with Crippen LogP contribution in [0, 0.1) is 13.8 Å². The van der Waals surface area contributed by atoms with E-state index in [1.807, 2.05) is 4.68 Å². The molecule has 0 amide bonds. The lowest BCUT2D eigenvalue weighted by Gasteiger charge is -2.14. The van der Waals surface area contributed by atoms with E-state index in [0.29, 0.717) is 0 Å². The molecule has 0 aromatic carbocycles. The van der Waals surface area contributed by atoms with Gasteiger partial charge >= 0.3 is 0 Å². The number of hydrogen-bond acceptors (Lipinski definition) is 4. The summed E-state index contributed by atoms with van der Waals surface area (Å²) in [6.07, 6.45) is 4.61. The molecular formula is C16H25N5. The number of hydrogen-bond donors (Lipinski definition) is 1. The second kappa shape index (κ2) is 6.70.